The molecular formula is C23H29FN2O2. The Labute approximate surface area is 166 Å². The first kappa shape index (κ1) is 20.5. The predicted molar refractivity (Wildman–Crippen MR) is 110 cm³/mol. The van der Waals surface area contributed by atoms with E-state index in [-0.39, 0.29) is 23.7 Å². The van der Waals surface area contributed by atoms with Gasteiger partial charge in [-0.1, -0.05) is 36.4 Å². The van der Waals surface area contributed by atoms with Gasteiger partial charge in [0, 0.05) is 31.5 Å². The number of piperidine rings is 1. The summed E-state index contributed by atoms with van der Waals surface area (Å²) in [4.78, 5) is 11.2. The number of benzene rings is 2. The lowest BCUT2D eigenvalue weighted by Crippen LogP contribution is -2.35. The fourth-order valence-electron chi connectivity index (χ4n) is 3.97. The van der Waals surface area contributed by atoms with E-state index in [9.17, 15) is 4.79 Å². The van der Waals surface area contributed by atoms with E-state index in [1.165, 1.54) is 13.0 Å². The summed E-state index contributed by atoms with van der Waals surface area (Å²) in [5.41, 5.74) is 3.42. The molecule has 1 aliphatic heterocycles. The minimum Gasteiger partial charge on any atom is -0.371 e. The van der Waals surface area contributed by atoms with Gasteiger partial charge in [0.2, 0.25) is 5.91 Å². The van der Waals surface area contributed by atoms with Crippen LogP contribution in [0.3, 0.4) is 0 Å². The number of aryl methyl sites for hydroxylation is 1. The summed E-state index contributed by atoms with van der Waals surface area (Å²) in [5.74, 6) is -0.0496. The van der Waals surface area contributed by atoms with E-state index in [2.05, 4.69) is 10.6 Å². The maximum Gasteiger partial charge on any atom is 0.216 e. The van der Waals surface area contributed by atoms with Crippen molar-refractivity contribution in [3.05, 3.63) is 59.4 Å². The molecule has 0 aromatic heterocycles. The van der Waals surface area contributed by atoms with Gasteiger partial charge in [-0.3, -0.25) is 4.79 Å². The summed E-state index contributed by atoms with van der Waals surface area (Å²) in [7, 11) is 0. The summed E-state index contributed by atoms with van der Waals surface area (Å²) in [6, 6.07) is 13.0. The fourth-order valence-corrected chi connectivity index (χ4v) is 3.97. The number of nitrogens with one attached hydrogen (secondary N) is 2. The minimum absolute atomic E-state index is 0.0774. The molecular weight excluding hydrogens is 355 g/mol. The van der Waals surface area contributed by atoms with Crippen molar-refractivity contribution in [1.82, 2.24) is 10.6 Å². The molecule has 0 saturated carbocycles. The minimum atomic E-state index is -0.231. The standard InChI is InChI=1S/C23H29FN2O2/c1-16-10-11-20(24)22(18-7-4-3-5-8-18)21(16)23(19-9-6-12-25-15-19)28-14-13-26-17(2)27/h3-5,7-8,10-11,19,23,25H,6,9,12-15H2,1-2H3,(H,26,27)/t19-,23-/m1/s1. The normalized spacial score (nSPS) is 17.9. The van der Waals surface area contributed by atoms with Gasteiger partial charge in [0.05, 0.1) is 12.7 Å². The van der Waals surface area contributed by atoms with Crippen LogP contribution in [0.5, 0.6) is 0 Å². The molecule has 3 rings (SSSR count). The molecule has 0 unspecified atom stereocenters. The lowest BCUT2D eigenvalue weighted by molar-refractivity contribution is -0.119. The number of hydrogen-bond acceptors (Lipinski definition) is 3. The Bertz CT molecular complexity index is 789. The van der Waals surface area contributed by atoms with Crippen LogP contribution in [0.4, 0.5) is 4.39 Å². The number of rotatable bonds is 7. The number of hydrogen-bond donors (Lipinski definition) is 2. The molecule has 1 amide bonds. The smallest absolute Gasteiger partial charge is 0.216 e. The highest BCUT2D eigenvalue weighted by molar-refractivity contribution is 5.72. The van der Waals surface area contributed by atoms with Gasteiger partial charge in [-0.2, -0.15) is 0 Å². The van der Waals surface area contributed by atoms with E-state index in [1.807, 2.05) is 43.3 Å². The number of halogens is 1. The SMILES string of the molecule is CC(=O)NCCO[C@@H](c1c(C)ccc(F)c1-c1ccccc1)[C@@H]1CCCNC1. The summed E-state index contributed by atoms with van der Waals surface area (Å²) in [5, 5.41) is 6.22. The lowest BCUT2D eigenvalue weighted by atomic mass is 9.83. The maximum atomic E-state index is 15.0. The van der Waals surface area contributed by atoms with Crippen LogP contribution in [0, 0.1) is 18.7 Å². The average molecular weight is 384 g/mol. The van der Waals surface area contributed by atoms with Crippen LogP contribution in [0.15, 0.2) is 42.5 Å². The van der Waals surface area contributed by atoms with E-state index in [4.69, 9.17) is 4.74 Å². The molecule has 1 heterocycles. The van der Waals surface area contributed by atoms with Crippen LogP contribution in [0.1, 0.15) is 37.0 Å². The van der Waals surface area contributed by atoms with Gasteiger partial charge in [0.15, 0.2) is 0 Å². The quantitative estimate of drug-likeness (QED) is 0.710. The number of carbonyl (C=O) groups excluding carboxylic acids is 1. The van der Waals surface area contributed by atoms with Gasteiger partial charge >= 0.3 is 0 Å². The summed E-state index contributed by atoms with van der Waals surface area (Å²) in [6.07, 6.45) is 1.88. The van der Waals surface area contributed by atoms with Gasteiger partial charge in [-0.25, -0.2) is 4.39 Å². The molecule has 0 radical (unpaired) electrons. The number of carbonyl (C=O) groups is 1. The van der Waals surface area contributed by atoms with E-state index in [0.717, 1.165) is 42.6 Å². The van der Waals surface area contributed by atoms with Crippen molar-refractivity contribution in [2.24, 2.45) is 5.92 Å². The van der Waals surface area contributed by atoms with Crippen molar-refractivity contribution in [3.8, 4) is 11.1 Å². The molecule has 4 nitrogen and oxygen atoms in total. The second-order valence-electron chi connectivity index (χ2n) is 7.40. The Morgan fingerprint density at radius 3 is 2.75 bits per heavy atom. The molecule has 2 aromatic carbocycles. The maximum absolute atomic E-state index is 15.0. The topological polar surface area (TPSA) is 50.4 Å². The molecule has 28 heavy (non-hydrogen) atoms. The molecule has 2 N–H and O–H groups in total. The second-order valence-corrected chi connectivity index (χ2v) is 7.40. The van der Waals surface area contributed by atoms with Crippen LogP contribution in [0.25, 0.3) is 11.1 Å². The molecule has 2 atom stereocenters. The van der Waals surface area contributed by atoms with Crippen LogP contribution in [0.2, 0.25) is 0 Å². The van der Waals surface area contributed by atoms with Crippen molar-refractivity contribution in [3.63, 3.8) is 0 Å². The molecule has 0 aliphatic carbocycles. The first-order valence-electron chi connectivity index (χ1n) is 9.99. The highest BCUT2D eigenvalue weighted by Crippen LogP contribution is 2.40. The summed E-state index contributed by atoms with van der Waals surface area (Å²) < 4.78 is 21.3. The molecule has 2 aromatic rings. The fraction of sp³-hybridized carbons (Fsp3) is 0.435. The Morgan fingerprint density at radius 1 is 1.29 bits per heavy atom. The van der Waals surface area contributed by atoms with E-state index in [0.29, 0.717) is 18.7 Å². The third-order valence-electron chi connectivity index (χ3n) is 5.30. The number of amides is 1. The monoisotopic (exact) mass is 384 g/mol. The van der Waals surface area contributed by atoms with Crippen molar-refractivity contribution in [1.29, 1.82) is 0 Å². The van der Waals surface area contributed by atoms with Crippen molar-refractivity contribution < 1.29 is 13.9 Å². The van der Waals surface area contributed by atoms with Crippen LogP contribution in [-0.4, -0.2) is 32.1 Å². The Kier molecular flexibility index (Phi) is 7.18. The Balaban J connectivity index is 1.98. The van der Waals surface area contributed by atoms with Crippen LogP contribution >= 0.6 is 0 Å². The third-order valence-corrected chi connectivity index (χ3v) is 5.30. The zero-order valence-electron chi connectivity index (χ0n) is 16.6. The van der Waals surface area contributed by atoms with E-state index in [1.54, 1.807) is 0 Å². The summed E-state index contributed by atoms with van der Waals surface area (Å²) >= 11 is 0. The first-order chi connectivity index (χ1) is 13.6. The third kappa shape index (κ3) is 4.97. The molecule has 0 spiro atoms. The highest BCUT2D eigenvalue weighted by atomic mass is 19.1. The molecule has 0 bridgehead atoms. The second kappa shape index (κ2) is 9.80. The summed E-state index contributed by atoms with van der Waals surface area (Å²) in [6.45, 7) is 6.19. The van der Waals surface area contributed by atoms with Gasteiger partial charge in [-0.05, 0) is 49.1 Å². The van der Waals surface area contributed by atoms with Gasteiger partial charge < -0.3 is 15.4 Å². The van der Waals surface area contributed by atoms with Crippen LogP contribution in [-0.2, 0) is 9.53 Å². The van der Waals surface area contributed by atoms with E-state index >= 15 is 4.39 Å². The van der Waals surface area contributed by atoms with E-state index < -0.39 is 0 Å². The highest BCUT2D eigenvalue weighted by Gasteiger charge is 2.30. The van der Waals surface area contributed by atoms with Gasteiger partial charge in [0.25, 0.3) is 0 Å². The molecule has 1 fully saturated rings. The lowest BCUT2D eigenvalue weighted by Gasteiger charge is -2.33. The molecule has 1 aliphatic rings. The number of ether oxygens (including phenoxy) is 1. The van der Waals surface area contributed by atoms with Crippen molar-refractivity contribution >= 4 is 5.91 Å². The largest absolute Gasteiger partial charge is 0.371 e. The zero-order valence-corrected chi connectivity index (χ0v) is 16.6. The van der Waals surface area contributed by atoms with Gasteiger partial charge in [-0.15, -0.1) is 0 Å². The predicted octanol–water partition coefficient (Wildman–Crippen LogP) is 3.99. The average Bonchev–Trinajstić information content (AvgIpc) is 2.71. The van der Waals surface area contributed by atoms with Crippen molar-refractivity contribution in [2.45, 2.75) is 32.8 Å². The Morgan fingerprint density at radius 2 is 2.07 bits per heavy atom. The van der Waals surface area contributed by atoms with Gasteiger partial charge in [0.1, 0.15) is 5.82 Å². The van der Waals surface area contributed by atoms with Crippen molar-refractivity contribution in [2.75, 3.05) is 26.2 Å². The first-order valence-corrected chi connectivity index (χ1v) is 9.99. The molecule has 1 saturated heterocycles. The zero-order chi connectivity index (χ0) is 19.9. The Hall–Kier alpha value is -2.24. The van der Waals surface area contributed by atoms with Crippen LogP contribution < -0.4 is 10.6 Å². The molecule has 5 heteroatoms. The molecule has 150 valence electrons.